The van der Waals surface area contributed by atoms with E-state index in [-0.39, 0.29) is 16.9 Å². The van der Waals surface area contributed by atoms with Crippen molar-refractivity contribution in [3.8, 4) is 22.8 Å². The van der Waals surface area contributed by atoms with Gasteiger partial charge < -0.3 is 14.9 Å². The van der Waals surface area contributed by atoms with Gasteiger partial charge in [0.15, 0.2) is 11.6 Å². The Morgan fingerprint density at radius 1 is 1.12 bits per heavy atom. The van der Waals surface area contributed by atoms with Crippen LogP contribution in [0.3, 0.4) is 0 Å². The van der Waals surface area contributed by atoms with Crippen LogP contribution in [-0.2, 0) is 11.5 Å². The highest BCUT2D eigenvalue weighted by molar-refractivity contribution is 6.76. The fourth-order valence-electron chi connectivity index (χ4n) is 3.25. The van der Waals surface area contributed by atoms with Crippen molar-refractivity contribution in [3.05, 3.63) is 48.3 Å². The van der Waals surface area contributed by atoms with Gasteiger partial charge in [0.25, 0.3) is 0 Å². The van der Waals surface area contributed by atoms with Crippen LogP contribution in [0.5, 0.6) is 0 Å². The Labute approximate surface area is 185 Å². The SMILES string of the molecule is Cc1nnc(-c2ncn3cc(-c4c(F)ccc(N)c4F)ncc23)n1COCC[Si](C)(C)C. The van der Waals surface area contributed by atoms with E-state index in [4.69, 9.17) is 10.5 Å². The van der Waals surface area contributed by atoms with E-state index in [1.165, 1.54) is 18.5 Å². The maximum Gasteiger partial charge on any atom is 0.186 e. The first-order valence-electron chi connectivity index (χ1n) is 10.2. The van der Waals surface area contributed by atoms with Crippen molar-refractivity contribution in [2.75, 3.05) is 12.3 Å². The fraction of sp³-hybridized carbons (Fsp3) is 0.333. The number of nitrogen functional groups attached to an aromatic ring is 1. The maximum absolute atomic E-state index is 14.4. The summed E-state index contributed by atoms with van der Waals surface area (Å²) in [6.07, 6.45) is 4.54. The molecule has 11 heteroatoms. The second-order valence-corrected chi connectivity index (χ2v) is 14.5. The Bertz CT molecular complexity index is 1280. The Morgan fingerprint density at radius 2 is 1.91 bits per heavy atom. The third kappa shape index (κ3) is 4.25. The van der Waals surface area contributed by atoms with Gasteiger partial charge in [-0.15, -0.1) is 10.2 Å². The monoisotopic (exact) mass is 457 g/mol. The summed E-state index contributed by atoms with van der Waals surface area (Å²) in [7, 11) is -1.19. The van der Waals surface area contributed by atoms with Crippen molar-refractivity contribution in [1.82, 2.24) is 29.1 Å². The summed E-state index contributed by atoms with van der Waals surface area (Å²) >= 11 is 0. The minimum absolute atomic E-state index is 0.107. The van der Waals surface area contributed by atoms with Gasteiger partial charge in [-0.1, -0.05) is 19.6 Å². The molecule has 0 unspecified atom stereocenters. The van der Waals surface area contributed by atoms with E-state index in [2.05, 4.69) is 39.8 Å². The number of rotatable bonds is 7. The van der Waals surface area contributed by atoms with Crippen LogP contribution in [0.4, 0.5) is 14.5 Å². The minimum Gasteiger partial charge on any atom is -0.396 e. The quantitative estimate of drug-likeness (QED) is 0.255. The Kier molecular flexibility index (Phi) is 5.78. The van der Waals surface area contributed by atoms with E-state index in [0.717, 1.165) is 12.1 Å². The first-order valence-corrected chi connectivity index (χ1v) is 13.9. The van der Waals surface area contributed by atoms with E-state index in [9.17, 15) is 8.78 Å². The van der Waals surface area contributed by atoms with E-state index in [0.29, 0.717) is 36.2 Å². The Balaban J connectivity index is 1.66. The summed E-state index contributed by atoms with van der Waals surface area (Å²) in [5, 5.41) is 8.42. The van der Waals surface area contributed by atoms with Crippen LogP contribution < -0.4 is 5.73 Å². The lowest BCUT2D eigenvalue weighted by Gasteiger charge is -2.16. The molecule has 0 radical (unpaired) electrons. The molecular weight excluding hydrogens is 432 g/mol. The summed E-state index contributed by atoms with van der Waals surface area (Å²) in [6.45, 7) is 9.71. The zero-order chi connectivity index (χ0) is 23.0. The average Bonchev–Trinajstić information content (AvgIpc) is 3.30. The van der Waals surface area contributed by atoms with E-state index >= 15 is 0 Å². The number of benzene rings is 1. The van der Waals surface area contributed by atoms with Crippen molar-refractivity contribution < 1.29 is 13.5 Å². The van der Waals surface area contributed by atoms with Crippen LogP contribution in [-0.4, -0.2) is 43.8 Å². The van der Waals surface area contributed by atoms with Gasteiger partial charge in [-0.25, -0.2) is 13.8 Å². The zero-order valence-corrected chi connectivity index (χ0v) is 19.4. The number of halogens is 2. The molecule has 0 aliphatic rings. The molecule has 4 aromatic rings. The number of anilines is 1. The summed E-state index contributed by atoms with van der Waals surface area (Å²) in [5.74, 6) is -0.353. The molecule has 0 bridgehead atoms. The minimum atomic E-state index is -1.19. The molecule has 4 rings (SSSR count). The fourth-order valence-corrected chi connectivity index (χ4v) is 4.00. The molecule has 3 heterocycles. The number of nitrogens with two attached hydrogens (primary N) is 1. The molecule has 8 nitrogen and oxygen atoms in total. The normalized spacial score (nSPS) is 12.1. The number of imidazole rings is 1. The largest absolute Gasteiger partial charge is 0.396 e. The van der Waals surface area contributed by atoms with Crippen LogP contribution >= 0.6 is 0 Å². The Hall–Kier alpha value is -3.18. The molecule has 0 spiro atoms. The van der Waals surface area contributed by atoms with Gasteiger partial charge >= 0.3 is 0 Å². The lowest BCUT2D eigenvalue weighted by atomic mass is 10.1. The van der Waals surface area contributed by atoms with Gasteiger partial charge in [0.2, 0.25) is 0 Å². The zero-order valence-electron chi connectivity index (χ0n) is 18.4. The molecule has 2 N–H and O–H groups in total. The Morgan fingerprint density at radius 3 is 2.66 bits per heavy atom. The van der Waals surface area contributed by atoms with Crippen molar-refractivity contribution >= 4 is 19.3 Å². The van der Waals surface area contributed by atoms with Crippen LogP contribution in [0.1, 0.15) is 5.82 Å². The summed E-state index contributed by atoms with van der Waals surface area (Å²) in [4.78, 5) is 8.70. The maximum atomic E-state index is 14.4. The van der Waals surface area contributed by atoms with Crippen molar-refractivity contribution in [3.63, 3.8) is 0 Å². The molecule has 0 atom stereocenters. The smallest absolute Gasteiger partial charge is 0.186 e. The predicted molar refractivity (Wildman–Crippen MR) is 121 cm³/mol. The molecule has 0 saturated heterocycles. The molecule has 1 aromatic carbocycles. The topological polar surface area (TPSA) is 96.1 Å². The number of aromatic nitrogens is 6. The standard InChI is InChI=1S/C21H25F2N7OSi/c1-13-27-28-21(30(13)12-31-7-8-32(2,3)4)20-17-9-25-16(10-29(17)11-26-20)18-14(22)5-6-15(24)19(18)23/h5-6,9-11H,7-8,12,24H2,1-4H3. The third-order valence-corrected chi connectivity index (χ3v) is 6.86. The van der Waals surface area contributed by atoms with Gasteiger partial charge in [0.1, 0.15) is 30.4 Å². The lowest BCUT2D eigenvalue weighted by Crippen LogP contribution is -2.22. The third-order valence-electron chi connectivity index (χ3n) is 5.16. The van der Waals surface area contributed by atoms with Crippen molar-refractivity contribution in [2.24, 2.45) is 0 Å². The van der Waals surface area contributed by atoms with Crippen molar-refractivity contribution in [2.45, 2.75) is 39.3 Å². The number of hydrogen-bond donors (Lipinski definition) is 1. The van der Waals surface area contributed by atoms with Crippen LogP contribution in [0.15, 0.2) is 30.9 Å². The molecule has 168 valence electrons. The molecule has 0 aliphatic carbocycles. The highest BCUT2D eigenvalue weighted by Gasteiger charge is 2.20. The van der Waals surface area contributed by atoms with Crippen LogP contribution in [0.2, 0.25) is 25.7 Å². The molecule has 0 saturated carbocycles. The van der Waals surface area contributed by atoms with E-state index < -0.39 is 19.7 Å². The average molecular weight is 458 g/mol. The molecule has 0 amide bonds. The highest BCUT2D eigenvalue weighted by atomic mass is 28.3. The summed E-state index contributed by atoms with van der Waals surface area (Å²) in [5.41, 5.74) is 6.44. The van der Waals surface area contributed by atoms with Gasteiger partial charge in [-0.3, -0.25) is 9.55 Å². The van der Waals surface area contributed by atoms with Gasteiger partial charge in [-0.05, 0) is 25.1 Å². The molecule has 3 aromatic heterocycles. The van der Waals surface area contributed by atoms with Crippen molar-refractivity contribution in [1.29, 1.82) is 0 Å². The molecule has 0 fully saturated rings. The molecule has 0 aliphatic heterocycles. The number of ether oxygens (including phenoxy) is 1. The second-order valence-electron chi connectivity index (χ2n) is 8.83. The van der Waals surface area contributed by atoms with Gasteiger partial charge in [0, 0.05) is 20.9 Å². The first kappa shape index (κ1) is 22.0. The van der Waals surface area contributed by atoms with Crippen LogP contribution in [0, 0.1) is 18.6 Å². The summed E-state index contributed by atoms with van der Waals surface area (Å²) in [6, 6.07) is 3.36. The van der Waals surface area contributed by atoms with Gasteiger partial charge in [-0.2, -0.15) is 0 Å². The number of fused-ring (bicyclic) bond motifs is 1. The molecule has 32 heavy (non-hydrogen) atoms. The lowest BCUT2D eigenvalue weighted by molar-refractivity contribution is 0.0866. The van der Waals surface area contributed by atoms with Gasteiger partial charge in [0.05, 0.1) is 28.7 Å². The van der Waals surface area contributed by atoms with E-state index in [1.54, 1.807) is 10.7 Å². The second kappa shape index (κ2) is 8.39. The number of aryl methyl sites for hydroxylation is 1. The summed E-state index contributed by atoms with van der Waals surface area (Å²) < 4.78 is 38.1. The number of hydrogen-bond acceptors (Lipinski definition) is 6. The first-order chi connectivity index (χ1) is 15.2. The number of nitrogens with zero attached hydrogens (tertiary/aromatic N) is 6. The predicted octanol–water partition coefficient (Wildman–Crippen LogP) is 4.14. The molecular formula is C21H25F2N7OSi. The van der Waals surface area contributed by atoms with E-state index in [1.807, 2.05) is 11.5 Å². The van der Waals surface area contributed by atoms with Crippen LogP contribution in [0.25, 0.3) is 28.3 Å². The highest BCUT2D eigenvalue weighted by Crippen LogP contribution is 2.29.